The van der Waals surface area contributed by atoms with E-state index in [1.807, 2.05) is 35.9 Å². The van der Waals surface area contributed by atoms with Gasteiger partial charge in [-0.1, -0.05) is 35.5 Å². The fraction of sp³-hybridized carbons (Fsp3) is 0.167. The van der Waals surface area contributed by atoms with Crippen LogP contribution in [0.15, 0.2) is 71.0 Å². The largest absolute Gasteiger partial charge is 0.295 e. The third-order valence-electron chi connectivity index (χ3n) is 3.64. The molecule has 7 heteroatoms. The van der Waals surface area contributed by atoms with Crippen molar-refractivity contribution in [2.75, 3.05) is 11.5 Å². The Hall–Kier alpha value is -1.76. The summed E-state index contributed by atoms with van der Waals surface area (Å²) in [6, 6.07) is 14.3. The SMILES string of the molecule is Cc1cccc(-n2ccnc2SCCS(=O)(=O)c2ccc(Cl)cc2)c1. The van der Waals surface area contributed by atoms with E-state index in [4.69, 9.17) is 11.6 Å². The van der Waals surface area contributed by atoms with E-state index < -0.39 is 9.84 Å². The fourth-order valence-electron chi connectivity index (χ4n) is 2.37. The van der Waals surface area contributed by atoms with Crippen molar-refractivity contribution in [3.63, 3.8) is 0 Å². The first-order valence-corrected chi connectivity index (χ1v) is 10.7. The minimum atomic E-state index is -3.33. The highest BCUT2D eigenvalue weighted by Crippen LogP contribution is 2.23. The Morgan fingerprint density at radius 2 is 1.92 bits per heavy atom. The lowest BCUT2D eigenvalue weighted by Gasteiger charge is -2.08. The third-order valence-corrected chi connectivity index (χ3v) is 6.85. The van der Waals surface area contributed by atoms with Crippen LogP contribution in [0.5, 0.6) is 0 Å². The molecule has 0 unspecified atom stereocenters. The second-order valence-corrected chi connectivity index (χ2v) is 9.15. The van der Waals surface area contributed by atoms with Crippen molar-refractivity contribution in [2.24, 2.45) is 0 Å². The predicted octanol–water partition coefficient (Wildman–Crippen LogP) is 4.40. The lowest BCUT2D eigenvalue weighted by Crippen LogP contribution is -2.09. The molecule has 0 radical (unpaired) electrons. The van der Waals surface area contributed by atoms with Crippen molar-refractivity contribution < 1.29 is 8.42 Å². The Bertz CT molecular complexity index is 967. The molecule has 130 valence electrons. The van der Waals surface area contributed by atoms with Gasteiger partial charge in [0.2, 0.25) is 0 Å². The zero-order valence-electron chi connectivity index (χ0n) is 13.6. The molecule has 4 nitrogen and oxygen atoms in total. The van der Waals surface area contributed by atoms with Crippen LogP contribution in [-0.4, -0.2) is 29.5 Å². The molecule has 0 N–H and O–H groups in total. The first kappa shape index (κ1) is 18.0. The second-order valence-electron chi connectivity index (χ2n) is 5.54. The number of halogens is 1. The highest BCUT2D eigenvalue weighted by atomic mass is 35.5. The Kier molecular flexibility index (Phi) is 5.51. The third kappa shape index (κ3) is 4.45. The minimum absolute atomic E-state index is 0.0416. The van der Waals surface area contributed by atoms with E-state index in [1.165, 1.54) is 23.9 Å². The van der Waals surface area contributed by atoms with Crippen LogP contribution < -0.4 is 0 Å². The number of aryl methyl sites for hydroxylation is 1. The zero-order chi connectivity index (χ0) is 17.9. The summed E-state index contributed by atoms with van der Waals surface area (Å²) in [6.45, 7) is 2.03. The van der Waals surface area contributed by atoms with Gasteiger partial charge in [0, 0.05) is 28.9 Å². The van der Waals surface area contributed by atoms with Crippen LogP contribution in [0.1, 0.15) is 5.56 Å². The summed E-state index contributed by atoms with van der Waals surface area (Å²) >= 11 is 7.24. The molecule has 0 saturated carbocycles. The van der Waals surface area contributed by atoms with Crippen molar-refractivity contribution >= 4 is 33.2 Å². The molecule has 3 rings (SSSR count). The van der Waals surface area contributed by atoms with Gasteiger partial charge in [0.05, 0.1) is 10.6 Å². The van der Waals surface area contributed by atoms with E-state index >= 15 is 0 Å². The van der Waals surface area contributed by atoms with Gasteiger partial charge >= 0.3 is 0 Å². The molecule has 0 amide bonds. The maximum absolute atomic E-state index is 12.4. The van der Waals surface area contributed by atoms with E-state index in [0.29, 0.717) is 15.7 Å². The molecule has 0 atom stereocenters. The van der Waals surface area contributed by atoms with Crippen LogP contribution in [-0.2, 0) is 9.84 Å². The summed E-state index contributed by atoms with van der Waals surface area (Å²) in [5, 5.41) is 1.30. The van der Waals surface area contributed by atoms with E-state index in [1.54, 1.807) is 18.3 Å². The number of aromatic nitrogens is 2. The molecule has 25 heavy (non-hydrogen) atoms. The summed E-state index contributed by atoms with van der Waals surface area (Å²) in [6.07, 6.45) is 3.60. The van der Waals surface area contributed by atoms with Crippen molar-refractivity contribution in [3.8, 4) is 5.69 Å². The van der Waals surface area contributed by atoms with Gasteiger partial charge in [-0.15, -0.1) is 0 Å². The van der Waals surface area contributed by atoms with Gasteiger partial charge in [-0.2, -0.15) is 0 Å². The fourth-order valence-corrected chi connectivity index (χ4v) is 5.12. The molecule has 0 spiro atoms. The Morgan fingerprint density at radius 3 is 2.64 bits per heavy atom. The van der Waals surface area contributed by atoms with Gasteiger partial charge in [0.25, 0.3) is 0 Å². The van der Waals surface area contributed by atoms with Gasteiger partial charge in [-0.25, -0.2) is 13.4 Å². The standard InChI is InChI=1S/C18H17ClN2O2S2/c1-14-3-2-4-16(13-14)21-10-9-20-18(21)24-11-12-25(22,23)17-7-5-15(19)6-8-17/h2-10,13H,11-12H2,1H3. The highest BCUT2D eigenvalue weighted by molar-refractivity contribution is 8.00. The number of thioether (sulfide) groups is 1. The van der Waals surface area contributed by atoms with Crippen LogP contribution in [0, 0.1) is 6.92 Å². The Balaban J connectivity index is 1.69. The molecule has 0 fully saturated rings. The molecule has 1 heterocycles. The first-order chi connectivity index (χ1) is 12.0. The summed E-state index contributed by atoms with van der Waals surface area (Å²) in [5.41, 5.74) is 2.17. The molecule has 0 saturated heterocycles. The van der Waals surface area contributed by atoms with Crippen LogP contribution in [0.25, 0.3) is 5.69 Å². The molecule has 2 aromatic carbocycles. The number of sulfone groups is 1. The molecular formula is C18H17ClN2O2S2. The summed E-state index contributed by atoms with van der Waals surface area (Å²) in [5.74, 6) is 0.466. The van der Waals surface area contributed by atoms with Gasteiger partial charge < -0.3 is 0 Å². The highest BCUT2D eigenvalue weighted by Gasteiger charge is 2.15. The number of rotatable bonds is 6. The van der Waals surface area contributed by atoms with Crippen molar-refractivity contribution in [1.29, 1.82) is 0 Å². The Morgan fingerprint density at radius 1 is 1.16 bits per heavy atom. The van der Waals surface area contributed by atoms with E-state index in [2.05, 4.69) is 11.1 Å². The van der Waals surface area contributed by atoms with E-state index in [9.17, 15) is 8.42 Å². The number of hydrogen-bond donors (Lipinski definition) is 0. The topological polar surface area (TPSA) is 52.0 Å². The van der Waals surface area contributed by atoms with Gasteiger partial charge in [0.1, 0.15) is 0 Å². The van der Waals surface area contributed by atoms with Crippen LogP contribution in [0.3, 0.4) is 0 Å². The zero-order valence-corrected chi connectivity index (χ0v) is 16.0. The summed E-state index contributed by atoms with van der Waals surface area (Å²) in [4.78, 5) is 4.63. The Labute approximate surface area is 156 Å². The normalized spacial score (nSPS) is 11.6. The smallest absolute Gasteiger partial charge is 0.179 e. The number of benzene rings is 2. The number of imidazole rings is 1. The maximum atomic E-state index is 12.4. The molecule has 0 aliphatic carbocycles. The lowest BCUT2D eigenvalue weighted by molar-refractivity contribution is 0.597. The van der Waals surface area contributed by atoms with Crippen LogP contribution in [0.4, 0.5) is 0 Å². The van der Waals surface area contributed by atoms with Gasteiger partial charge in [-0.3, -0.25) is 4.57 Å². The van der Waals surface area contributed by atoms with Crippen LogP contribution >= 0.6 is 23.4 Å². The number of nitrogens with zero attached hydrogens (tertiary/aromatic N) is 2. The molecule has 0 bridgehead atoms. The minimum Gasteiger partial charge on any atom is -0.295 e. The van der Waals surface area contributed by atoms with Crippen molar-refractivity contribution in [1.82, 2.24) is 9.55 Å². The van der Waals surface area contributed by atoms with Gasteiger partial charge in [-0.05, 0) is 48.9 Å². The first-order valence-electron chi connectivity index (χ1n) is 7.67. The predicted molar refractivity (Wildman–Crippen MR) is 103 cm³/mol. The molecule has 0 aliphatic rings. The molecule has 1 aromatic heterocycles. The number of hydrogen-bond acceptors (Lipinski definition) is 4. The van der Waals surface area contributed by atoms with Crippen molar-refractivity contribution in [2.45, 2.75) is 17.0 Å². The maximum Gasteiger partial charge on any atom is 0.179 e. The van der Waals surface area contributed by atoms with Gasteiger partial charge in [0.15, 0.2) is 15.0 Å². The summed E-state index contributed by atoms with van der Waals surface area (Å²) < 4.78 is 26.7. The van der Waals surface area contributed by atoms with E-state index in [0.717, 1.165) is 16.4 Å². The van der Waals surface area contributed by atoms with Crippen LogP contribution in [0.2, 0.25) is 5.02 Å². The molecule has 3 aromatic rings. The molecule has 0 aliphatic heterocycles. The lowest BCUT2D eigenvalue weighted by atomic mass is 10.2. The monoisotopic (exact) mass is 392 g/mol. The second kappa shape index (κ2) is 7.64. The van der Waals surface area contributed by atoms with E-state index in [-0.39, 0.29) is 5.75 Å². The average molecular weight is 393 g/mol. The summed E-state index contributed by atoms with van der Waals surface area (Å²) in [7, 11) is -3.33. The average Bonchev–Trinajstić information content (AvgIpc) is 3.03. The quantitative estimate of drug-likeness (QED) is 0.583. The van der Waals surface area contributed by atoms with Crippen molar-refractivity contribution in [3.05, 3.63) is 71.5 Å². The molecular weight excluding hydrogens is 376 g/mol.